The number of pyridine rings is 1. The van der Waals surface area contributed by atoms with Gasteiger partial charge < -0.3 is 11.5 Å². The molecule has 0 radical (unpaired) electrons. The smallest absolute Gasteiger partial charge is 0.278 e. The molecule has 1 amide bonds. The fourth-order valence-corrected chi connectivity index (χ4v) is 3.51. The van der Waals surface area contributed by atoms with Crippen LogP contribution in [0.5, 0.6) is 0 Å². The minimum atomic E-state index is -0.680. The van der Waals surface area contributed by atoms with E-state index in [-0.39, 0.29) is 23.6 Å². The fourth-order valence-electron chi connectivity index (χ4n) is 3.14. The summed E-state index contributed by atoms with van der Waals surface area (Å²) in [5.41, 5.74) is 15.1. The summed E-state index contributed by atoms with van der Waals surface area (Å²) >= 11 is 3.45. The summed E-state index contributed by atoms with van der Waals surface area (Å²) in [7, 11) is 0. The van der Waals surface area contributed by atoms with Crippen molar-refractivity contribution in [3.63, 3.8) is 0 Å². The number of amidine groups is 1. The first-order valence-corrected chi connectivity index (χ1v) is 10.6. The first-order chi connectivity index (χ1) is 14.6. The molecule has 2 heterocycles. The highest BCUT2D eigenvalue weighted by atomic mass is 79.9. The molecule has 160 valence electrons. The largest absolute Gasteiger partial charge is 0.386 e. The summed E-state index contributed by atoms with van der Waals surface area (Å²) in [5.74, 6) is 0.145. The average molecular weight is 481 g/mol. The SMILES string of the molecule is Cc1ccc(C(=O)N=C(N)C(C)(c2ccc(-c3cnc(N)nc3)nc2)C(C)C)cc1Br. The van der Waals surface area contributed by atoms with E-state index in [4.69, 9.17) is 11.5 Å². The van der Waals surface area contributed by atoms with Gasteiger partial charge in [0.25, 0.3) is 5.91 Å². The van der Waals surface area contributed by atoms with Gasteiger partial charge in [0.1, 0.15) is 5.84 Å². The predicted molar refractivity (Wildman–Crippen MR) is 127 cm³/mol. The van der Waals surface area contributed by atoms with E-state index >= 15 is 0 Å². The molecule has 0 saturated heterocycles. The number of aryl methyl sites for hydroxylation is 1. The molecule has 0 spiro atoms. The first kappa shape index (κ1) is 22.6. The molecule has 3 rings (SSSR count). The number of nitrogens with two attached hydrogens (primary N) is 2. The van der Waals surface area contributed by atoms with Crippen molar-refractivity contribution in [2.75, 3.05) is 5.73 Å². The standard InChI is InChI=1S/C23H25BrN6O/c1-13(2)23(4,21(25)30-20(31)15-6-5-14(3)18(24)9-15)17-7-8-19(27-12-17)16-10-28-22(26)29-11-16/h5-13H,1-4H3,(H2,25,30,31)(H2,26,28,29). The number of aromatic nitrogens is 3. The normalized spacial score (nSPS) is 13.8. The number of hydrogen-bond acceptors (Lipinski definition) is 5. The Hall–Kier alpha value is -3.13. The molecule has 2 aromatic heterocycles. The van der Waals surface area contributed by atoms with Gasteiger partial charge in [0.15, 0.2) is 0 Å². The lowest BCUT2D eigenvalue weighted by Crippen LogP contribution is -2.43. The van der Waals surface area contributed by atoms with Gasteiger partial charge in [-0.25, -0.2) is 9.97 Å². The van der Waals surface area contributed by atoms with Crippen molar-refractivity contribution in [2.45, 2.75) is 33.1 Å². The molecule has 0 fully saturated rings. The maximum absolute atomic E-state index is 12.8. The van der Waals surface area contributed by atoms with Crippen molar-refractivity contribution < 1.29 is 4.79 Å². The molecular formula is C23H25BrN6O. The molecule has 0 saturated carbocycles. The van der Waals surface area contributed by atoms with Crippen LogP contribution in [0.2, 0.25) is 0 Å². The number of benzene rings is 1. The lowest BCUT2D eigenvalue weighted by atomic mass is 9.73. The van der Waals surface area contributed by atoms with Gasteiger partial charge in [-0.05, 0) is 49.1 Å². The van der Waals surface area contributed by atoms with E-state index in [1.54, 1.807) is 30.7 Å². The molecule has 0 aliphatic rings. The zero-order valence-electron chi connectivity index (χ0n) is 17.9. The van der Waals surface area contributed by atoms with E-state index in [2.05, 4.69) is 35.9 Å². The fraction of sp³-hybridized carbons (Fsp3) is 0.261. The van der Waals surface area contributed by atoms with Gasteiger partial charge in [0, 0.05) is 34.2 Å². The van der Waals surface area contributed by atoms with Crippen molar-refractivity contribution in [1.29, 1.82) is 0 Å². The van der Waals surface area contributed by atoms with Gasteiger partial charge in [0.05, 0.1) is 11.1 Å². The van der Waals surface area contributed by atoms with Crippen LogP contribution in [0, 0.1) is 12.8 Å². The number of hydrogen-bond donors (Lipinski definition) is 2. The molecular weight excluding hydrogens is 456 g/mol. The van der Waals surface area contributed by atoms with Crippen molar-refractivity contribution in [1.82, 2.24) is 15.0 Å². The molecule has 1 unspecified atom stereocenters. The minimum absolute atomic E-state index is 0.0707. The van der Waals surface area contributed by atoms with Crippen LogP contribution in [-0.4, -0.2) is 26.7 Å². The molecule has 8 heteroatoms. The van der Waals surface area contributed by atoms with Crippen LogP contribution < -0.4 is 11.5 Å². The van der Waals surface area contributed by atoms with E-state index in [1.807, 2.05) is 45.9 Å². The second-order valence-electron chi connectivity index (χ2n) is 7.89. The van der Waals surface area contributed by atoms with E-state index in [0.717, 1.165) is 21.2 Å². The lowest BCUT2D eigenvalue weighted by Gasteiger charge is -2.33. The number of nitrogens with zero attached hydrogens (tertiary/aromatic N) is 4. The number of aliphatic imine (C=N–C) groups is 1. The second kappa shape index (κ2) is 8.93. The molecule has 0 aliphatic carbocycles. The van der Waals surface area contributed by atoms with E-state index in [9.17, 15) is 4.79 Å². The van der Waals surface area contributed by atoms with Crippen LogP contribution in [0.4, 0.5) is 5.95 Å². The zero-order valence-corrected chi connectivity index (χ0v) is 19.5. The summed E-state index contributed by atoms with van der Waals surface area (Å²) < 4.78 is 0.852. The number of halogens is 1. The van der Waals surface area contributed by atoms with Crippen molar-refractivity contribution >= 4 is 33.6 Å². The average Bonchev–Trinajstić information content (AvgIpc) is 2.75. The maximum Gasteiger partial charge on any atom is 0.278 e. The highest BCUT2D eigenvalue weighted by Crippen LogP contribution is 2.33. The van der Waals surface area contributed by atoms with Crippen LogP contribution in [0.25, 0.3) is 11.3 Å². The van der Waals surface area contributed by atoms with Crippen LogP contribution in [0.1, 0.15) is 42.3 Å². The Morgan fingerprint density at radius 1 is 1.10 bits per heavy atom. The van der Waals surface area contributed by atoms with E-state index < -0.39 is 5.41 Å². The Morgan fingerprint density at radius 3 is 2.32 bits per heavy atom. The predicted octanol–water partition coefficient (Wildman–Crippen LogP) is 4.30. The number of amides is 1. The third-order valence-corrected chi connectivity index (χ3v) is 6.51. The number of rotatable bonds is 5. The van der Waals surface area contributed by atoms with E-state index in [0.29, 0.717) is 11.3 Å². The highest BCUT2D eigenvalue weighted by molar-refractivity contribution is 9.10. The van der Waals surface area contributed by atoms with Gasteiger partial charge in [0.2, 0.25) is 5.95 Å². The molecule has 31 heavy (non-hydrogen) atoms. The van der Waals surface area contributed by atoms with Gasteiger partial charge in [-0.2, -0.15) is 4.99 Å². The third kappa shape index (κ3) is 4.64. The molecule has 4 N–H and O–H groups in total. The Kier molecular flexibility index (Phi) is 6.50. The van der Waals surface area contributed by atoms with Crippen molar-refractivity contribution in [3.8, 4) is 11.3 Å². The van der Waals surface area contributed by atoms with Gasteiger partial charge in [-0.15, -0.1) is 0 Å². The van der Waals surface area contributed by atoms with Crippen LogP contribution in [0.3, 0.4) is 0 Å². The summed E-state index contributed by atoms with van der Waals surface area (Å²) in [6, 6.07) is 9.18. The number of carbonyl (C=O) groups excluding carboxylic acids is 1. The Morgan fingerprint density at radius 2 is 1.77 bits per heavy atom. The maximum atomic E-state index is 12.8. The number of carbonyl (C=O) groups is 1. The summed E-state index contributed by atoms with van der Waals surface area (Å²) in [6.45, 7) is 8.00. The third-order valence-electron chi connectivity index (χ3n) is 5.66. The van der Waals surface area contributed by atoms with Gasteiger partial charge in [-0.1, -0.05) is 41.9 Å². The monoisotopic (exact) mass is 480 g/mol. The van der Waals surface area contributed by atoms with Crippen LogP contribution in [-0.2, 0) is 5.41 Å². The van der Waals surface area contributed by atoms with Gasteiger partial charge in [-0.3, -0.25) is 9.78 Å². The topological polar surface area (TPSA) is 120 Å². The van der Waals surface area contributed by atoms with E-state index in [1.165, 1.54) is 0 Å². The molecule has 7 nitrogen and oxygen atoms in total. The lowest BCUT2D eigenvalue weighted by molar-refractivity contribution is 0.100. The summed E-state index contributed by atoms with van der Waals surface area (Å²) in [4.78, 5) is 29.6. The summed E-state index contributed by atoms with van der Waals surface area (Å²) in [5, 5.41) is 0. The molecule has 0 bridgehead atoms. The quantitative estimate of drug-likeness (QED) is 0.414. The Bertz CT molecular complexity index is 1130. The van der Waals surface area contributed by atoms with Crippen LogP contribution in [0.15, 0.2) is 58.4 Å². The zero-order chi connectivity index (χ0) is 22.8. The highest BCUT2D eigenvalue weighted by Gasteiger charge is 2.36. The van der Waals surface area contributed by atoms with Crippen LogP contribution >= 0.6 is 15.9 Å². The first-order valence-electron chi connectivity index (χ1n) is 9.82. The molecule has 1 aromatic carbocycles. The minimum Gasteiger partial charge on any atom is -0.386 e. The van der Waals surface area contributed by atoms with Crippen molar-refractivity contribution in [3.05, 3.63) is 70.1 Å². The van der Waals surface area contributed by atoms with Gasteiger partial charge >= 0.3 is 0 Å². The summed E-state index contributed by atoms with van der Waals surface area (Å²) in [6.07, 6.45) is 5.00. The number of anilines is 1. The molecule has 1 atom stereocenters. The Labute approximate surface area is 190 Å². The molecule has 0 aliphatic heterocycles. The van der Waals surface area contributed by atoms with Crippen molar-refractivity contribution in [2.24, 2.45) is 16.6 Å². The Balaban J connectivity index is 1.94. The molecule has 3 aromatic rings. The number of nitrogen functional groups attached to an aromatic ring is 1. The second-order valence-corrected chi connectivity index (χ2v) is 8.74.